The Morgan fingerprint density at radius 3 is 0.941 bits per heavy atom. The van der Waals surface area contributed by atoms with Crippen molar-refractivity contribution >= 4 is 146 Å². The lowest BCUT2D eigenvalue weighted by Crippen LogP contribution is -2.66. The van der Waals surface area contributed by atoms with Crippen molar-refractivity contribution in [1.82, 2.24) is 0 Å². The quantitative estimate of drug-likeness (QED) is 0.0945. The van der Waals surface area contributed by atoms with E-state index in [1.807, 2.05) is 91.0 Å². The molecule has 574 valence electrons. The van der Waals surface area contributed by atoms with E-state index in [9.17, 15) is 10.2 Å². The molecule has 0 atom stereocenters. The molecule has 20 rings (SSSR count). The summed E-state index contributed by atoms with van der Waals surface area (Å²) in [7, 11) is -6.21. The van der Waals surface area contributed by atoms with Gasteiger partial charge >= 0.3 is 0 Å². The van der Waals surface area contributed by atoms with Crippen molar-refractivity contribution in [2.24, 2.45) is 0 Å². The fourth-order valence-electron chi connectivity index (χ4n) is 17.3. The summed E-state index contributed by atoms with van der Waals surface area (Å²) in [4.78, 5) is 0. The Kier molecular flexibility index (Phi) is 24.5. The maximum absolute atomic E-state index is 10.1. The molecule has 0 spiro atoms. The molecule has 0 saturated carbocycles. The van der Waals surface area contributed by atoms with Crippen LogP contribution in [0.3, 0.4) is 0 Å². The molecule has 0 aliphatic rings. The fraction of sp³-hybridized carbons (Fsp3) is 0.0536. The molecule has 118 heavy (non-hydrogen) atoms. The van der Waals surface area contributed by atoms with Gasteiger partial charge in [0.05, 0.1) is 0 Å². The van der Waals surface area contributed by atoms with Gasteiger partial charge in [-0.2, -0.15) is 0 Å². The molecule has 20 aromatic carbocycles. The molecule has 0 bridgehead atoms. The third-order valence-corrected chi connectivity index (χ3v) is 37.4. The number of hydrogen-bond acceptors (Lipinski definition) is 3. The van der Waals surface area contributed by atoms with Crippen molar-refractivity contribution in [3.63, 3.8) is 0 Å². The lowest BCUT2D eigenvalue weighted by atomic mass is 9.94. The molecular formula is C112H96O3Si3. The number of aromatic hydroxyl groups is 3. The van der Waals surface area contributed by atoms with E-state index >= 15 is 0 Å². The Morgan fingerprint density at radius 2 is 0.475 bits per heavy atom. The molecule has 0 radical (unpaired) electrons. The maximum atomic E-state index is 10.1. The molecular weight excluding hydrogens is 1480 g/mol. The third kappa shape index (κ3) is 16.9. The first kappa shape index (κ1) is 79.5. The monoisotopic (exact) mass is 1570 g/mol. The van der Waals surface area contributed by atoms with Crippen LogP contribution >= 0.6 is 0 Å². The topological polar surface area (TPSA) is 60.7 Å². The zero-order valence-electron chi connectivity index (χ0n) is 67.6. The van der Waals surface area contributed by atoms with Crippen LogP contribution in [-0.2, 0) is 0 Å². The predicted octanol–water partition coefficient (Wildman–Crippen LogP) is 23.2. The van der Waals surface area contributed by atoms with Gasteiger partial charge in [-0.15, -0.1) is 0 Å². The number of phenols is 3. The van der Waals surface area contributed by atoms with Crippen molar-refractivity contribution in [2.75, 3.05) is 0 Å². The molecule has 0 aliphatic carbocycles. The Labute approximate surface area is 697 Å². The highest BCUT2D eigenvalue weighted by Crippen LogP contribution is 2.37. The highest BCUT2D eigenvalue weighted by molar-refractivity contribution is 7.13. The van der Waals surface area contributed by atoms with Crippen LogP contribution < -0.4 is 46.7 Å². The number of phenolic OH excluding ortho intramolecular Hbond substituents is 3. The standard InChI is InChI=1S/C27H22Si.C23H20Si.C22H24Si.C20H14O.2C10H8O/c1-28(23-15-3-2-4-16-23,26-19-9-13-21-11-5-7-17-24(21)26)27-20-10-14-22-12-6-8-18-25(22)27;1-24(21-12-4-2-5-13-21,22-14-6-3-7-15-22)23-17-16-19-10-8-9-11-20(19)18-23;1-17-11-5-8-14-20(17)23(4,21-15-9-6-12-18(21)2)22-16-10-7-13-19(22)3;21-20-13-12-18(17-9-3-4-10-19(17)20)16-11-5-7-14-6-1-2-8-15(14)16;11-10-7-3-5-8-4-1-2-6-9(8)10;11-10-6-5-8-3-1-2-4-9(8)7-10/h2-20H,1H3;2-18H,1H3;5-16H,1-4H3;1-13,21H;2*1-7,11H. The van der Waals surface area contributed by atoms with Gasteiger partial charge in [0, 0.05) is 10.8 Å². The molecule has 3 N–H and O–H groups in total. The molecule has 0 heterocycles. The minimum absolute atomic E-state index is 0.323. The van der Waals surface area contributed by atoms with E-state index in [4.69, 9.17) is 5.11 Å². The van der Waals surface area contributed by atoms with Gasteiger partial charge in [0.1, 0.15) is 41.5 Å². The van der Waals surface area contributed by atoms with E-state index in [2.05, 4.69) is 380 Å². The Hall–Kier alpha value is -13.7. The normalized spacial score (nSPS) is 11.2. The van der Waals surface area contributed by atoms with Crippen LogP contribution in [0.25, 0.3) is 86.5 Å². The number of benzene rings is 20. The van der Waals surface area contributed by atoms with Gasteiger partial charge in [0.25, 0.3) is 0 Å². The molecule has 0 aliphatic heterocycles. The maximum Gasteiger partial charge on any atom is 0.147 e. The Bertz CT molecular complexity index is 6590. The van der Waals surface area contributed by atoms with E-state index < -0.39 is 24.2 Å². The van der Waals surface area contributed by atoms with Crippen LogP contribution in [0.4, 0.5) is 0 Å². The number of aryl methyl sites for hydroxylation is 3. The molecule has 0 amide bonds. The highest BCUT2D eigenvalue weighted by Gasteiger charge is 2.39. The second-order valence-electron chi connectivity index (χ2n) is 30.8. The number of hydrogen-bond donors (Lipinski definition) is 3. The summed E-state index contributed by atoms with van der Waals surface area (Å²) >= 11 is 0. The first-order valence-electron chi connectivity index (χ1n) is 40.5. The van der Waals surface area contributed by atoms with Gasteiger partial charge in [-0.3, -0.25) is 0 Å². The smallest absolute Gasteiger partial charge is 0.147 e. The average Bonchev–Trinajstić information content (AvgIpc) is 0.742. The number of fused-ring (bicyclic) bond motifs is 7. The van der Waals surface area contributed by atoms with Gasteiger partial charge in [-0.05, 0) is 167 Å². The molecule has 20 aromatic rings. The van der Waals surface area contributed by atoms with Crippen molar-refractivity contribution in [1.29, 1.82) is 0 Å². The Balaban J connectivity index is 0.000000114. The summed E-state index contributed by atoms with van der Waals surface area (Å²) in [6.07, 6.45) is 0. The summed E-state index contributed by atoms with van der Waals surface area (Å²) in [6.45, 7) is 14.2. The summed E-state index contributed by atoms with van der Waals surface area (Å²) in [5, 5.41) is 58.5. The molecule has 0 fully saturated rings. The van der Waals surface area contributed by atoms with Crippen molar-refractivity contribution < 1.29 is 15.3 Å². The lowest BCUT2D eigenvalue weighted by molar-refractivity contribution is 0.476. The van der Waals surface area contributed by atoms with E-state index in [0.29, 0.717) is 17.2 Å². The predicted molar refractivity (Wildman–Crippen MR) is 516 cm³/mol. The third-order valence-electron chi connectivity index (χ3n) is 23.6. The van der Waals surface area contributed by atoms with Crippen LogP contribution in [0.5, 0.6) is 17.2 Å². The molecule has 3 nitrogen and oxygen atoms in total. The summed E-state index contributed by atoms with van der Waals surface area (Å²) in [5.74, 6) is 1.00. The molecule has 6 heteroatoms. The first-order valence-corrected chi connectivity index (χ1v) is 48.0. The van der Waals surface area contributed by atoms with E-state index in [0.717, 1.165) is 37.9 Å². The van der Waals surface area contributed by atoms with Crippen LogP contribution in [-0.4, -0.2) is 39.5 Å². The SMILES string of the molecule is C[Si](c1ccccc1)(c1cccc2ccccc12)c1cccc2ccccc12.C[Si](c1ccccc1)(c1ccccc1)c1ccc2ccccc2c1.Cc1ccccc1[Si](C)(c1ccccc1C)c1ccccc1C.Oc1ccc(-c2cccc3ccccc23)c2ccccc12.Oc1ccc2ccccc2c1.Oc1cccc2ccccc12. The van der Waals surface area contributed by atoms with E-state index in [1.54, 1.807) is 24.3 Å². The summed E-state index contributed by atoms with van der Waals surface area (Å²) in [6, 6.07) is 160. The molecule has 0 saturated heterocycles. The molecule has 0 unspecified atom stereocenters. The minimum atomic E-state index is -2.21. The van der Waals surface area contributed by atoms with Gasteiger partial charge in [0.2, 0.25) is 0 Å². The fourth-order valence-corrected chi connectivity index (χ4v) is 29.8. The highest BCUT2D eigenvalue weighted by atomic mass is 28.3. The minimum Gasteiger partial charge on any atom is -0.508 e. The first-order chi connectivity index (χ1) is 57.7. The Morgan fingerprint density at radius 1 is 0.169 bits per heavy atom. The van der Waals surface area contributed by atoms with E-state index in [1.165, 1.54) is 112 Å². The van der Waals surface area contributed by atoms with Crippen molar-refractivity contribution in [3.8, 4) is 28.4 Å². The van der Waals surface area contributed by atoms with Gasteiger partial charge in [-0.25, -0.2) is 0 Å². The van der Waals surface area contributed by atoms with Crippen LogP contribution in [0.15, 0.2) is 455 Å². The van der Waals surface area contributed by atoms with Gasteiger partial charge in [0.15, 0.2) is 0 Å². The zero-order chi connectivity index (χ0) is 81.4. The van der Waals surface area contributed by atoms with Crippen LogP contribution in [0, 0.1) is 20.8 Å². The largest absolute Gasteiger partial charge is 0.508 e. The molecule has 0 aromatic heterocycles. The van der Waals surface area contributed by atoms with Gasteiger partial charge < -0.3 is 15.3 Å². The van der Waals surface area contributed by atoms with Gasteiger partial charge in [-0.1, -0.05) is 467 Å². The lowest BCUT2D eigenvalue weighted by Gasteiger charge is -2.33. The zero-order valence-corrected chi connectivity index (χ0v) is 70.6. The van der Waals surface area contributed by atoms with Crippen molar-refractivity contribution in [2.45, 2.75) is 40.4 Å². The van der Waals surface area contributed by atoms with Crippen LogP contribution in [0.2, 0.25) is 19.6 Å². The second-order valence-corrected chi connectivity index (χ2v) is 42.5. The number of rotatable bonds is 10. The average molecular weight is 1570 g/mol. The second kappa shape index (κ2) is 36.4. The van der Waals surface area contributed by atoms with Crippen molar-refractivity contribution in [3.05, 3.63) is 472 Å². The summed E-state index contributed by atoms with van der Waals surface area (Å²) < 4.78 is 0. The van der Waals surface area contributed by atoms with E-state index in [-0.39, 0.29) is 0 Å². The summed E-state index contributed by atoms with van der Waals surface area (Å²) in [5.41, 5.74) is 6.54. The van der Waals surface area contributed by atoms with Crippen LogP contribution in [0.1, 0.15) is 16.7 Å².